The van der Waals surface area contributed by atoms with Crippen molar-refractivity contribution in [2.75, 3.05) is 27.2 Å². The zero-order chi connectivity index (χ0) is 15.1. The Morgan fingerprint density at radius 2 is 2.10 bits per heavy atom. The van der Waals surface area contributed by atoms with E-state index in [4.69, 9.17) is 0 Å². The lowest BCUT2D eigenvalue weighted by atomic mass is 10.2. The van der Waals surface area contributed by atoms with Gasteiger partial charge in [-0.1, -0.05) is 0 Å². The molecule has 0 spiro atoms. The van der Waals surface area contributed by atoms with Crippen LogP contribution in [0.4, 0.5) is 0 Å². The molecule has 112 valence electrons. The zero-order valence-corrected chi connectivity index (χ0v) is 13.2. The van der Waals surface area contributed by atoms with E-state index in [1.165, 1.54) is 0 Å². The van der Waals surface area contributed by atoms with E-state index in [2.05, 4.69) is 15.3 Å². The average Bonchev–Trinajstić information content (AvgIpc) is 2.94. The SMILES string of the molecule is CN(C)CCNC(=O)CCc1csc(-c2ccncc2)n1. The van der Waals surface area contributed by atoms with Crippen molar-refractivity contribution < 1.29 is 4.79 Å². The Morgan fingerprint density at radius 3 is 2.81 bits per heavy atom. The van der Waals surface area contributed by atoms with E-state index in [0.29, 0.717) is 19.4 Å². The van der Waals surface area contributed by atoms with Gasteiger partial charge in [0.25, 0.3) is 0 Å². The summed E-state index contributed by atoms with van der Waals surface area (Å²) in [6, 6.07) is 3.88. The molecule has 5 nitrogen and oxygen atoms in total. The summed E-state index contributed by atoms with van der Waals surface area (Å²) in [5, 5.41) is 5.90. The van der Waals surface area contributed by atoms with E-state index < -0.39 is 0 Å². The first-order chi connectivity index (χ1) is 10.1. The molecule has 0 aliphatic carbocycles. The van der Waals surface area contributed by atoms with E-state index in [1.807, 2.05) is 36.5 Å². The number of nitrogens with one attached hydrogen (secondary N) is 1. The van der Waals surface area contributed by atoms with Gasteiger partial charge in [0.05, 0.1) is 5.69 Å². The van der Waals surface area contributed by atoms with Crippen molar-refractivity contribution in [2.45, 2.75) is 12.8 Å². The van der Waals surface area contributed by atoms with E-state index in [-0.39, 0.29) is 5.91 Å². The summed E-state index contributed by atoms with van der Waals surface area (Å²) in [6.07, 6.45) is 4.67. The molecule has 0 aliphatic rings. The monoisotopic (exact) mass is 304 g/mol. The second kappa shape index (κ2) is 7.85. The topological polar surface area (TPSA) is 58.1 Å². The van der Waals surface area contributed by atoms with E-state index in [9.17, 15) is 4.79 Å². The summed E-state index contributed by atoms with van der Waals surface area (Å²) < 4.78 is 0. The standard InChI is InChI=1S/C15H20N4OS/c1-19(2)10-9-17-14(20)4-3-13-11-21-15(18-13)12-5-7-16-8-6-12/h5-8,11H,3-4,9-10H2,1-2H3,(H,17,20). The van der Waals surface area contributed by atoms with Gasteiger partial charge in [0, 0.05) is 42.8 Å². The van der Waals surface area contributed by atoms with Crippen LogP contribution in [0, 0.1) is 0 Å². The Morgan fingerprint density at radius 1 is 1.33 bits per heavy atom. The number of hydrogen-bond donors (Lipinski definition) is 1. The van der Waals surface area contributed by atoms with Gasteiger partial charge < -0.3 is 10.2 Å². The maximum absolute atomic E-state index is 11.7. The van der Waals surface area contributed by atoms with Gasteiger partial charge in [-0.3, -0.25) is 9.78 Å². The maximum atomic E-state index is 11.7. The fraction of sp³-hybridized carbons (Fsp3) is 0.400. The summed E-state index contributed by atoms with van der Waals surface area (Å²) in [5.41, 5.74) is 2.03. The third-order valence-corrected chi connectivity index (χ3v) is 3.91. The Hall–Kier alpha value is -1.79. The Balaban J connectivity index is 1.79. The van der Waals surface area contributed by atoms with Crippen molar-refractivity contribution in [3.63, 3.8) is 0 Å². The van der Waals surface area contributed by atoms with E-state index >= 15 is 0 Å². The van der Waals surface area contributed by atoms with Crippen LogP contribution < -0.4 is 5.32 Å². The Kier molecular flexibility index (Phi) is 5.83. The van der Waals surface area contributed by atoms with Crippen LogP contribution in [-0.4, -0.2) is 48.0 Å². The molecule has 2 aromatic heterocycles. The molecule has 2 heterocycles. The van der Waals surface area contributed by atoms with Crippen molar-refractivity contribution in [3.8, 4) is 10.6 Å². The van der Waals surface area contributed by atoms with Gasteiger partial charge in [0.2, 0.25) is 5.91 Å². The molecule has 0 aromatic carbocycles. The molecule has 0 atom stereocenters. The second-order valence-corrected chi connectivity index (χ2v) is 5.89. The molecule has 0 saturated carbocycles. The van der Waals surface area contributed by atoms with Gasteiger partial charge in [-0.05, 0) is 32.6 Å². The molecule has 1 amide bonds. The van der Waals surface area contributed by atoms with Crippen molar-refractivity contribution in [2.24, 2.45) is 0 Å². The Bertz CT molecular complexity index is 568. The first-order valence-corrected chi connectivity index (χ1v) is 7.79. The number of pyridine rings is 1. The number of nitrogens with zero attached hydrogens (tertiary/aromatic N) is 3. The highest BCUT2D eigenvalue weighted by Crippen LogP contribution is 2.23. The third-order valence-electron chi connectivity index (χ3n) is 2.97. The minimum Gasteiger partial charge on any atom is -0.355 e. The lowest BCUT2D eigenvalue weighted by molar-refractivity contribution is -0.121. The summed E-state index contributed by atoms with van der Waals surface area (Å²) >= 11 is 1.60. The highest BCUT2D eigenvalue weighted by molar-refractivity contribution is 7.13. The van der Waals surface area contributed by atoms with Gasteiger partial charge in [-0.15, -0.1) is 11.3 Å². The number of likely N-dealkylation sites (N-methyl/N-ethyl adjacent to an activating group) is 1. The van der Waals surface area contributed by atoms with E-state index in [0.717, 1.165) is 22.8 Å². The van der Waals surface area contributed by atoms with Crippen molar-refractivity contribution in [1.82, 2.24) is 20.2 Å². The Labute approximate surface area is 129 Å². The molecule has 0 aliphatic heterocycles. The fourth-order valence-electron chi connectivity index (χ4n) is 1.80. The molecule has 0 unspecified atom stereocenters. The fourth-order valence-corrected chi connectivity index (χ4v) is 2.66. The molecule has 2 rings (SSSR count). The number of carbonyl (C=O) groups excluding carboxylic acids is 1. The van der Waals surface area contributed by atoms with Crippen LogP contribution in [0.25, 0.3) is 10.6 Å². The zero-order valence-electron chi connectivity index (χ0n) is 12.4. The van der Waals surface area contributed by atoms with Gasteiger partial charge in [-0.2, -0.15) is 0 Å². The second-order valence-electron chi connectivity index (χ2n) is 5.03. The molecule has 2 aromatic rings. The molecule has 1 N–H and O–H groups in total. The summed E-state index contributed by atoms with van der Waals surface area (Å²) in [5.74, 6) is 0.0790. The van der Waals surface area contributed by atoms with Crippen LogP contribution in [-0.2, 0) is 11.2 Å². The summed E-state index contributed by atoms with van der Waals surface area (Å²) in [7, 11) is 3.98. The molecule has 6 heteroatoms. The van der Waals surface area contributed by atoms with Crippen molar-refractivity contribution in [3.05, 3.63) is 35.6 Å². The third kappa shape index (κ3) is 5.24. The predicted octanol–water partition coefficient (Wildman–Crippen LogP) is 1.82. The number of aryl methyl sites for hydroxylation is 1. The minimum atomic E-state index is 0.0790. The van der Waals surface area contributed by atoms with Crippen LogP contribution >= 0.6 is 11.3 Å². The lowest BCUT2D eigenvalue weighted by Gasteiger charge is -2.09. The smallest absolute Gasteiger partial charge is 0.220 e. The number of amides is 1. The summed E-state index contributed by atoms with van der Waals surface area (Å²) in [6.45, 7) is 1.54. The van der Waals surface area contributed by atoms with Crippen molar-refractivity contribution >= 4 is 17.2 Å². The largest absolute Gasteiger partial charge is 0.355 e. The van der Waals surface area contributed by atoms with Crippen LogP contribution in [0.15, 0.2) is 29.9 Å². The number of thiazole rings is 1. The van der Waals surface area contributed by atoms with Crippen LogP contribution in [0.2, 0.25) is 0 Å². The number of aromatic nitrogens is 2. The quantitative estimate of drug-likeness (QED) is 0.847. The number of hydrogen-bond acceptors (Lipinski definition) is 5. The van der Waals surface area contributed by atoms with Crippen molar-refractivity contribution in [1.29, 1.82) is 0 Å². The van der Waals surface area contributed by atoms with Crippen LogP contribution in [0.3, 0.4) is 0 Å². The number of rotatable bonds is 7. The molecule has 0 saturated heterocycles. The molecular formula is C15H20N4OS. The van der Waals surface area contributed by atoms with E-state index in [1.54, 1.807) is 23.7 Å². The highest BCUT2D eigenvalue weighted by atomic mass is 32.1. The molecule has 21 heavy (non-hydrogen) atoms. The van der Waals surface area contributed by atoms with Gasteiger partial charge in [-0.25, -0.2) is 4.98 Å². The van der Waals surface area contributed by atoms with Crippen LogP contribution in [0.1, 0.15) is 12.1 Å². The normalized spacial score (nSPS) is 10.8. The predicted molar refractivity (Wildman–Crippen MR) is 85.2 cm³/mol. The summed E-state index contributed by atoms with van der Waals surface area (Å²) in [4.78, 5) is 22.3. The molecular weight excluding hydrogens is 284 g/mol. The minimum absolute atomic E-state index is 0.0790. The van der Waals surface area contributed by atoms with Gasteiger partial charge in [0.15, 0.2) is 0 Å². The molecule has 0 radical (unpaired) electrons. The molecule has 0 bridgehead atoms. The maximum Gasteiger partial charge on any atom is 0.220 e. The van der Waals surface area contributed by atoms with Gasteiger partial charge >= 0.3 is 0 Å². The van der Waals surface area contributed by atoms with Crippen LogP contribution in [0.5, 0.6) is 0 Å². The highest BCUT2D eigenvalue weighted by Gasteiger charge is 2.07. The molecule has 0 fully saturated rings. The van der Waals surface area contributed by atoms with Gasteiger partial charge in [0.1, 0.15) is 5.01 Å². The average molecular weight is 304 g/mol. The first kappa shape index (κ1) is 15.6. The first-order valence-electron chi connectivity index (χ1n) is 6.91. The number of carbonyl (C=O) groups is 1. The lowest BCUT2D eigenvalue weighted by Crippen LogP contribution is -2.31.